The Labute approximate surface area is 832 Å². The molecule has 0 aliphatic carbocycles. The van der Waals surface area contributed by atoms with E-state index in [9.17, 15) is 26.3 Å². The molecule has 0 unspecified atom stereocenters. The van der Waals surface area contributed by atoms with Gasteiger partial charge >= 0.3 is 80.3 Å². The molecule has 2 aliphatic rings. The Balaban J connectivity index is 0.000000138. The minimum absolute atomic E-state index is 0. The van der Waals surface area contributed by atoms with Crippen molar-refractivity contribution in [2.24, 2.45) is 0 Å². The topological polar surface area (TPSA) is 214 Å². The Morgan fingerprint density at radius 2 is 0.757 bits per heavy atom. The molecule has 22 rings (SSSR count). The summed E-state index contributed by atoms with van der Waals surface area (Å²) in [5.41, 5.74) is 13.8. The van der Waals surface area contributed by atoms with Crippen LogP contribution in [-0.4, -0.2) is 79.2 Å². The molecule has 12 heterocycles. The van der Waals surface area contributed by atoms with Crippen molar-refractivity contribution in [3.05, 3.63) is 416 Å². The smallest absolute Gasteiger partial charge is 0.357 e. The molecule has 0 saturated heterocycles. The predicted octanol–water partition coefficient (Wildman–Crippen LogP) is 23.4. The second-order valence-corrected chi connectivity index (χ2v) is 32.9. The van der Waals surface area contributed by atoms with Gasteiger partial charge in [0, 0.05) is 110 Å². The van der Waals surface area contributed by atoms with Crippen LogP contribution in [0.3, 0.4) is 0 Å². The van der Waals surface area contributed by atoms with Crippen molar-refractivity contribution < 1.29 is 107 Å². The van der Waals surface area contributed by atoms with Crippen LogP contribution >= 0.6 is 0 Å². The zero-order valence-corrected chi connectivity index (χ0v) is 80.8. The fourth-order valence-corrected chi connectivity index (χ4v) is 15.3. The number of halogens is 6. The molecule has 10 aromatic carbocycles. The Morgan fingerprint density at radius 3 is 1.23 bits per heavy atom. The number of hydrogen-bond acceptors (Lipinski definition) is 14. The van der Waals surface area contributed by atoms with Gasteiger partial charge < -0.3 is 39.9 Å². The number of fused-ring (bicyclic) bond motifs is 20. The maximum absolute atomic E-state index is 14.1. The van der Waals surface area contributed by atoms with Crippen molar-refractivity contribution in [3.63, 3.8) is 0 Å². The first-order chi connectivity index (χ1) is 64.0. The molecule has 29 heteroatoms. The molecule has 2 aliphatic heterocycles. The van der Waals surface area contributed by atoms with Crippen molar-refractivity contribution in [2.45, 2.75) is 64.7 Å². The molecule has 1 radical (unpaired) electrons. The summed E-state index contributed by atoms with van der Waals surface area (Å²) in [5, 5.41) is 17.5. The van der Waals surface area contributed by atoms with Gasteiger partial charge in [-0.3, -0.25) is 46.5 Å². The van der Waals surface area contributed by atoms with Gasteiger partial charge in [0.05, 0.1) is 45.5 Å². The van der Waals surface area contributed by atoms with Crippen LogP contribution in [0.4, 0.5) is 43.7 Å². The van der Waals surface area contributed by atoms with Crippen molar-refractivity contribution in [1.29, 1.82) is 0 Å². The molecule has 0 N–H and O–H groups in total. The number of nitrogens with zero attached hydrogens (tertiary/aromatic N) is 19. The van der Waals surface area contributed by atoms with Crippen LogP contribution in [0, 0.1) is 71.6 Å². The van der Waals surface area contributed by atoms with E-state index in [1.54, 1.807) is 41.1 Å². The molecule has 10 aromatic heterocycles. The quantitative estimate of drug-likeness (QED) is 0.0454. The molecule has 679 valence electrons. The molecule has 136 heavy (non-hydrogen) atoms. The van der Waals surface area contributed by atoms with Crippen LogP contribution in [0.1, 0.15) is 76.8 Å². The van der Waals surface area contributed by atoms with E-state index in [-0.39, 0.29) is 108 Å². The second kappa shape index (κ2) is 40.9. The monoisotopic (exact) mass is 2390 g/mol. The number of hydrogen-bond donors (Lipinski definition) is 0. The molecule has 0 fully saturated rings. The zero-order valence-electron chi connectivity index (χ0n) is 73.0. The van der Waals surface area contributed by atoms with E-state index >= 15 is 0 Å². The van der Waals surface area contributed by atoms with E-state index in [2.05, 4.69) is 111 Å². The summed E-state index contributed by atoms with van der Waals surface area (Å²) in [6.45, 7) is 14.4. The summed E-state index contributed by atoms with van der Waals surface area (Å²) in [6, 6.07) is 108. The van der Waals surface area contributed by atoms with Gasteiger partial charge in [0.15, 0.2) is 5.82 Å². The fraction of sp³-hybridized carbons (Fsp3) is 0.0935. The van der Waals surface area contributed by atoms with E-state index < -0.39 is 46.0 Å². The Kier molecular flexibility index (Phi) is 29.0. The summed E-state index contributed by atoms with van der Waals surface area (Å²) in [4.78, 5) is 58.6. The number of aromatic nitrogens is 18. The molecular weight excluding hydrogens is 2310 g/mol. The second-order valence-electron chi connectivity index (χ2n) is 32.9. The van der Waals surface area contributed by atoms with Crippen LogP contribution in [0.15, 0.2) is 316 Å². The third kappa shape index (κ3) is 20.1. The summed E-state index contributed by atoms with van der Waals surface area (Å²) >= 11 is 0. The minimum Gasteiger partial charge on any atom is -0.357 e. The van der Waals surface area contributed by atoms with Gasteiger partial charge in [-0.05, 0) is 137 Å². The van der Waals surface area contributed by atoms with Crippen LogP contribution < -0.4 is 14.9 Å². The van der Waals surface area contributed by atoms with Gasteiger partial charge in [0.1, 0.15) is 17.7 Å². The molecule has 0 spiro atoms. The van der Waals surface area contributed by atoms with Crippen molar-refractivity contribution in [2.75, 3.05) is 4.90 Å². The van der Waals surface area contributed by atoms with Gasteiger partial charge in [-0.25, -0.2) is 18.7 Å². The summed E-state index contributed by atoms with van der Waals surface area (Å²) < 4.78 is 86.5. The first kappa shape index (κ1) is 96.3. The standard InChI is InChI=1S/C32H16N8.C30H26N4.C23H17F2N3.C22H14F4N4.Cu.3Pt/c1-2-10-18-17(9-1)25-33-26(18)38-28-21-13-5-6-14-22(21)30(35-28)40-32-24-16-8-7-15-23(24)31(36-32)39-29-20-12-4-3-11-19(20)27(34-29)37-25;1-30(2,3)24-17-19-26(20-18-24)34(29-21-22-33(32-29)25-13-8-5-9-14-25)28-16-10-15-27(31-28)23-11-6-4-7-12-23;1-23(2,22-13-14-28(27-22)17-7-4-3-5-8-17)21-10-6-9-20(26-21)18-12-11-16(24)15-19(18)25;1-22(2,19-10-11-30(29-19)17-8-6-13(23)12-15(17)24)18-5-3-4-16(27-18)14-7-9-20(25)28-21(14)26;;;;/h1-16H;4-11,13,15-22H,1-3H3;3-7,9-11,13-15H,1-2H3;3-6,9-12H,1-2H3;;;;/q4*-2;4*+2. The summed E-state index contributed by atoms with van der Waals surface area (Å²) in [7, 11) is 0. The van der Waals surface area contributed by atoms with Gasteiger partial charge in [-0.2, -0.15) is 69.9 Å². The first-order valence-electron chi connectivity index (χ1n) is 42.0. The van der Waals surface area contributed by atoms with Crippen molar-refractivity contribution in [1.82, 2.24) is 89.1 Å². The molecule has 0 amide bonds. The van der Waals surface area contributed by atoms with Crippen LogP contribution in [0.2, 0.25) is 0 Å². The third-order valence-electron chi connectivity index (χ3n) is 22.4. The zero-order chi connectivity index (χ0) is 90.9. The first-order valence-corrected chi connectivity index (χ1v) is 42.0. The van der Waals surface area contributed by atoms with E-state index in [0.717, 1.165) is 125 Å². The molecule has 0 saturated carbocycles. The van der Waals surface area contributed by atoms with Gasteiger partial charge in [-0.1, -0.05) is 190 Å². The summed E-state index contributed by atoms with van der Waals surface area (Å²) in [5.74, 6) is -1.08. The van der Waals surface area contributed by atoms with E-state index in [1.165, 1.54) is 16.4 Å². The van der Waals surface area contributed by atoms with E-state index in [0.29, 0.717) is 63.0 Å². The van der Waals surface area contributed by atoms with E-state index in [4.69, 9.17) is 50.0 Å². The molecular formula is C107H73CuF6N19Pt3. The maximum atomic E-state index is 14.1. The number of rotatable bonds is 13. The van der Waals surface area contributed by atoms with Gasteiger partial charge in [0.25, 0.3) is 0 Å². The summed E-state index contributed by atoms with van der Waals surface area (Å²) in [6.07, 6.45) is 5.36. The normalized spacial score (nSPS) is 11.3. The molecule has 0 atom stereocenters. The average Bonchev–Trinajstić information content (AvgIpc) is 1.60. The number of benzene rings is 10. The van der Waals surface area contributed by atoms with Crippen LogP contribution in [0.5, 0.6) is 0 Å². The van der Waals surface area contributed by atoms with Gasteiger partial charge in [-0.15, -0.1) is 78.4 Å². The minimum atomic E-state index is -1.01. The Bertz CT molecular complexity index is 7590. The molecule has 19 nitrogen and oxygen atoms in total. The maximum Gasteiger partial charge on any atom is 2.00 e. The molecule has 20 aromatic rings. The van der Waals surface area contributed by atoms with Gasteiger partial charge in [0.2, 0.25) is 0 Å². The number of pyridine rings is 4. The largest absolute Gasteiger partial charge is 2.00 e. The van der Waals surface area contributed by atoms with E-state index in [1.807, 2.05) is 251 Å². The van der Waals surface area contributed by atoms with Crippen molar-refractivity contribution in [3.8, 4) is 96.4 Å². The van der Waals surface area contributed by atoms with Crippen molar-refractivity contribution >= 4 is 61.5 Å². The predicted molar refractivity (Wildman–Crippen MR) is 495 cm³/mol. The third-order valence-corrected chi connectivity index (χ3v) is 22.4. The Morgan fingerprint density at radius 1 is 0.331 bits per heavy atom. The Hall–Kier alpha value is -14.2. The fourth-order valence-electron chi connectivity index (χ4n) is 15.3. The van der Waals surface area contributed by atoms with Crippen LogP contribution in [0.25, 0.3) is 141 Å². The average molecular weight is 2390 g/mol. The SMILES string of the molecule is CC(C)(C)c1ccc(N(c2cccc(-c3[c-]cccc3)n2)c2ccn(-c3[c-]cccc3)n2)cc1.CC(C)(c1cccc(-c2[c-]cc(F)cc2F)n1)c1ccn(-c2[c-]cccc2)n1.CC(C)(c1cccc(-c2[c-]cc(F)nc2F)n1)c1ccn(-c2[c-]cc(F)cc2F)n1.[Cu+2].[Pt+2].[Pt+2].[Pt+2].c1ccc2c(c1)-c1nc-2nc2[n-]c(nc3nc(nc4[n-]c(n1)c1ccccc41)-c1ccccc1-3)c1ccccc21. The van der Waals surface area contributed by atoms with Crippen LogP contribution in [-0.2, 0) is 96.5 Å². The molecule has 8 bridgehead atoms. The number of anilines is 3. The number of para-hydroxylation sites is 2.